The number of nitrogens with zero attached hydrogens (tertiary/aromatic N) is 1. The van der Waals surface area contributed by atoms with E-state index in [0.29, 0.717) is 0 Å². The number of piperidine rings is 1. The Morgan fingerprint density at radius 2 is 1.37 bits per heavy atom. The molecule has 1 heterocycles. The van der Waals surface area contributed by atoms with Crippen molar-refractivity contribution in [2.24, 2.45) is 0 Å². The molecule has 3 heteroatoms. The lowest BCUT2D eigenvalue weighted by Gasteiger charge is -2.35. The number of halogens is 1. The quantitative estimate of drug-likeness (QED) is 0.531. The van der Waals surface area contributed by atoms with Gasteiger partial charge >= 0.3 is 0 Å². The summed E-state index contributed by atoms with van der Waals surface area (Å²) in [6, 6.07) is 29.1. The van der Waals surface area contributed by atoms with E-state index in [-0.39, 0.29) is 12.2 Å². The van der Waals surface area contributed by atoms with Crippen molar-refractivity contribution in [1.29, 1.82) is 0 Å². The molecule has 27 heavy (non-hydrogen) atoms. The predicted molar refractivity (Wildman–Crippen MR) is 112 cm³/mol. The minimum Gasteiger partial charge on any atom is -0.371 e. The molecule has 138 valence electrons. The van der Waals surface area contributed by atoms with E-state index in [0.717, 1.165) is 31.0 Å². The van der Waals surface area contributed by atoms with Gasteiger partial charge in [0, 0.05) is 23.8 Å². The maximum Gasteiger partial charge on any atom is 0.108 e. The van der Waals surface area contributed by atoms with E-state index in [1.165, 1.54) is 16.8 Å². The predicted octanol–water partition coefficient (Wildman–Crippen LogP) is 6.12. The number of hydrogen-bond acceptors (Lipinski definition) is 2. The Balaban J connectivity index is 1.45. The molecule has 0 radical (unpaired) electrons. The third-order valence-corrected chi connectivity index (χ3v) is 5.38. The zero-order valence-corrected chi connectivity index (χ0v) is 16.1. The lowest BCUT2D eigenvalue weighted by molar-refractivity contribution is -0.00480. The highest BCUT2D eigenvalue weighted by Crippen LogP contribution is 2.31. The van der Waals surface area contributed by atoms with Crippen molar-refractivity contribution >= 4 is 17.3 Å². The van der Waals surface area contributed by atoms with Gasteiger partial charge in [-0.1, -0.05) is 78.3 Å². The summed E-state index contributed by atoms with van der Waals surface area (Å²) in [5.41, 5.74) is 3.62. The normalized spacial score (nSPS) is 15.3. The molecule has 0 aliphatic carbocycles. The van der Waals surface area contributed by atoms with Gasteiger partial charge in [0.25, 0.3) is 0 Å². The molecule has 1 fully saturated rings. The first-order chi connectivity index (χ1) is 13.3. The molecule has 1 saturated heterocycles. The van der Waals surface area contributed by atoms with Crippen LogP contribution in [0.3, 0.4) is 0 Å². The van der Waals surface area contributed by atoms with Crippen LogP contribution in [-0.4, -0.2) is 19.2 Å². The van der Waals surface area contributed by atoms with Crippen LogP contribution in [0.15, 0.2) is 84.9 Å². The van der Waals surface area contributed by atoms with Gasteiger partial charge < -0.3 is 9.64 Å². The Bertz CT molecular complexity index is 805. The molecule has 0 N–H and O–H groups in total. The van der Waals surface area contributed by atoms with Crippen LogP contribution < -0.4 is 4.90 Å². The molecular formula is C24H24ClNO. The number of benzene rings is 3. The topological polar surface area (TPSA) is 12.5 Å². The van der Waals surface area contributed by atoms with E-state index < -0.39 is 0 Å². The lowest BCUT2D eigenvalue weighted by Crippen LogP contribution is -2.37. The van der Waals surface area contributed by atoms with Gasteiger partial charge in [-0.3, -0.25) is 0 Å². The fourth-order valence-electron chi connectivity index (χ4n) is 3.72. The Labute approximate surface area is 166 Å². The summed E-state index contributed by atoms with van der Waals surface area (Å²) in [5, 5.41) is 0.791. The second-order valence-electron chi connectivity index (χ2n) is 7.00. The summed E-state index contributed by atoms with van der Waals surface area (Å²) in [6.07, 6.45) is 2.27. The summed E-state index contributed by atoms with van der Waals surface area (Å²) in [5.74, 6) is 0. The molecule has 3 aromatic rings. The number of ether oxygens (including phenoxy) is 1. The van der Waals surface area contributed by atoms with Gasteiger partial charge in [-0.15, -0.1) is 0 Å². The second-order valence-corrected chi connectivity index (χ2v) is 7.44. The molecule has 4 rings (SSSR count). The van der Waals surface area contributed by atoms with Gasteiger partial charge in [0.2, 0.25) is 0 Å². The molecule has 0 spiro atoms. The molecule has 0 bridgehead atoms. The molecule has 0 saturated carbocycles. The average molecular weight is 378 g/mol. The van der Waals surface area contributed by atoms with E-state index in [2.05, 4.69) is 71.6 Å². The van der Waals surface area contributed by atoms with E-state index in [1.807, 2.05) is 18.2 Å². The van der Waals surface area contributed by atoms with Crippen molar-refractivity contribution < 1.29 is 4.74 Å². The number of hydrogen-bond donors (Lipinski definition) is 0. The first-order valence-corrected chi connectivity index (χ1v) is 9.93. The van der Waals surface area contributed by atoms with Gasteiger partial charge in [0.05, 0.1) is 6.10 Å². The van der Waals surface area contributed by atoms with Crippen molar-refractivity contribution in [2.75, 3.05) is 18.0 Å². The standard InChI is InChI=1S/C24H24ClNO/c25-21-12-7-13-22(18-21)26-16-14-23(15-17-26)27-24(19-8-3-1-4-9-19)20-10-5-2-6-11-20/h1-13,18,23-24H,14-17H2. The zero-order chi connectivity index (χ0) is 18.5. The van der Waals surface area contributed by atoms with Crippen molar-refractivity contribution in [1.82, 2.24) is 0 Å². The van der Waals surface area contributed by atoms with Gasteiger partial charge in [-0.25, -0.2) is 0 Å². The number of anilines is 1. The average Bonchev–Trinajstić information content (AvgIpc) is 2.74. The summed E-state index contributed by atoms with van der Waals surface area (Å²) in [7, 11) is 0. The highest BCUT2D eigenvalue weighted by atomic mass is 35.5. The number of rotatable bonds is 5. The molecule has 0 unspecified atom stereocenters. The fraction of sp³-hybridized carbons (Fsp3) is 0.250. The first kappa shape index (κ1) is 18.1. The van der Waals surface area contributed by atoms with Gasteiger partial charge in [-0.05, 0) is 42.2 Å². The van der Waals surface area contributed by atoms with Crippen LogP contribution in [0.5, 0.6) is 0 Å². The third-order valence-electron chi connectivity index (χ3n) is 5.15. The van der Waals surface area contributed by atoms with E-state index in [4.69, 9.17) is 16.3 Å². The summed E-state index contributed by atoms with van der Waals surface area (Å²) >= 11 is 6.15. The van der Waals surface area contributed by atoms with Crippen LogP contribution in [-0.2, 0) is 4.74 Å². The zero-order valence-electron chi connectivity index (χ0n) is 15.3. The summed E-state index contributed by atoms with van der Waals surface area (Å²) in [4.78, 5) is 2.39. The van der Waals surface area contributed by atoms with Gasteiger partial charge in [0.1, 0.15) is 6.10 Å². The van der Waals surface area contributed by atoms with Crippen LogP contribution in [0, 0.1) is 0 Å². The monoisotopic (exact) mass is 377 g/mol. The summed E-state index contributed by atoms with van der Waals surface area (Å²) in [6.45, 7) is 1.97. The molecule has 0 atom stereocenters. The van der Waals surface area contributed by atoms with E-state index in [9.17, 15) is 0 Å². The maximum absolute atomic E-state index is 6.62. The molecule has 2 nitrogen and oxygen atoms in total. The van der Waals surface area contributed by atoms with Crippen LogP contribution in [0.4, 0.5) is 5.69 Å². The highest BCUT2D eigenvalue weighted by Gasteiger charge is 2.25. The van der Waals surface area contributed by atoms with Crippen LogP contribution in [0.2, 0.25) is 5.02 Å². The Morgan fingerprint density at radius 3 is 1.93 bits per heavy atom. The molecule has 0 aromatic heterocycles. The van der Waals surface area contributed by atoms with Crippen molar-refractivity contribution in [3.05, 3.63) is 101 Å². The third kappa shape index (κ3) is 4.52. The molecular weight excluding hydrogens is 354 g/mol. The maximum atomic E-state index is 6.62. The molecule has 3 aromatic carbocycles. The minimum atomic E-state index is -0.0184. The Morgan fingerprint density at radius 1 is 0.778 bits per heavy atom. The minimum absolute atomic E-state index is 0.0184. The molecule has 0 amide bonds. The van der Waals surface area contributed by atoms with Crippen LogP contribution in [0.25, 0.3) is 0 Å². The Hall–Kier alpha value is -2.29. The SMILES string of the molecule is Clc1cccc(N2CCC(OC(c3ccccc3)c3ccccc3)CC2)c1. The molecule has 1 aliphatic heterocycles. The van der Waals surface area contributed by atoms with Gasteiger partial charge in [-0.2, -0.15) is 0 Å². The van der Waals surface area contributed by atoms with Crippen molar-refractivity contribution in [3.63, 3.8) is 0 Å². The lowest BCUT2D eigenvalue weighted by atomic mass is 10.00. The van der Waals surface area contributed by atoms with Gasteiger partial charge in [0.15, 0.2) is 0 Å². The second kappa shape index (κ2) is 8.60. The highest BCUT2D eigenvalue weighted by molar-refractivity contribution is 6.30. The largest absolute Gasteiger partial charge is 0.371 e. The van der Waals surface area contributed by atoms with E-state index >= 15 is 0 Å². The van der Waals surface area contributed by atoms with Crippen LogP contribution >= 0.6 is 11.6 Å². The van der Waals surface area contributed by atoms with Crippen molar-refractivity contribution in [3.8, 4) is 0 Å². The van der Waals surface area contributed by atoms with E-state index in [1.54, 1.807) is 0 Å². The van der Waals surface area contributed by atoms with Crippen LogP contribution in [0.1, 0.15) is 30.1 Å². The van der Waals surface area contributed by atoms with Crippen molar-refractivity contribution in [2.45, 2.75) is 25.0 Å². The smallest absolute Gasteiger partial charge is 0.108 e. The Kier molecular flexibility index (Phi) is 5.76. The fourth-order valence-corrected chi connectivity index (χ4v) is 3.91. The summed E-state index contributed by atoms with van der Waals surface area (Å²) < 4.78 is 6.62. The first-order valence-electron chi connectivity index (χ1n) is 9.55. The molecule has 1 aliphatic rings.